The summed E-state index contributed by atoms with van der Waals surface area (Å²) in [6.45, 7) is 23.8. The second-order valence-electron chi connectivity index (χ2n) is 20.4. The Labute approximate surface area is 387 Å². The molecule has 3 aromatic rings. The van der Waals surface area contributed by atoms with E-state index in [1.54, 1.807) is 6.92 Å². The molecular weight excluding hydrogens is 813 g/mol. The third-order valence-corrected chi connectivity index (χ3v) is 14.9. The molecule has 0 saturated heterocycles. The largest absolute Gasteiger partial charge is 0.512 e. The predicted molar refractivity (Wildman–Crippen MR) is 264 cm³/mol. The summed E-state index contributed by atoms with van der Waals surface area (Å²) >= 11 is 0. The maximum atomic E-state index is 13.7. The summed E-state index contributed by atoms with van der Waals surface area (Å²) in [6, 6.07) is 6.12. The third kappa shape index (κ3) is 11.1. The number of fused-ring (bicyclic) bond motifs is 8. The molecule has 0 unspecified atom stereocenters. The van der Waals surface area contributed by atoms with Crippen molar-refractivity contribution in [2.75, 3.05) is 13.7 Å². The lowest BCUT2D eigenvalue weighted by Crippen LogP contribution is -2.18. The molecule has 7 atom stereocenters. The number of aliphatic hydroxyl groups is 2. The second kappa shape index (κ2) is 21.6. The first-order valence-corrected chi connectivity index (χ1v) is 24.7. The zero-order valence-corrected chi connectivity index (χ0v) is 41.5. The molecule has 0 radical (unpaired) electrons. The van der Waals surface area contributed by atoms with Gasteiger partial charge >= 0.3 is 11.9 Å². The van der Waals surface area contributed by atoms with Crippen LogP contribution in [0.5, 0.6) is 0 Å². The van der Waals surface area contributed by atoms with Crippen molar-refractivity contribution in [1.82, 2.24) is 19.9 Å². The Morgan fingerprint density at radius 2 is 1.40 bits per heavy atom. The van der Waals surface area contributed by atoms with E-state index in [-0.39, 0.29) is 54.2 Å². The van der Waals surface area contributed by atoms with Crippen LogP contribution in [0.3, 0.4) is 0 Å². The molecule has 0 spiro atoms. The minimum atomic E-state index is -1.09. The van der Waals surface area contributed by atoms with E-state index in [4.69, 9.17) is 19.4 Å². The third-order valence-electron chi connectivity index (χ3n) is 14.9. The van der Waals surface area contributed by atoms with Gasteiger partial charge in [-0.15, -0.1) is 0 Å². The highest BCUT2D eigenvalue weighted by atomic mass is 16.5. The number of esters is 2. The van der Waals surface area contributed by atoms with Crippen LogP contribution in [0, 0.1) is 31.6 Å². The van der Waals surface area contributed by atoms with E-state index in [1.165, 1.54) is 57.6 Å². The van der Waals surface area contributed by atoms with Gasteiger partial charge in [-0.05, 0) is 107 Å². The number of nitrogens with zero attached hydrogens (tertiary/aromatic N) is 2. The molecule has 6 rings (SSSR count). The summed E-state index contributed by atoms with van der Waals surface area (Å²) in [7, 11) is 1.33. The lowest BCUT2D eigenvalue weighted by Gasteiger charge is -2.19. The van der Waals surface area contributed by atoms with Crippen LogP contribution in [0.4, 0.5) is 0 Å². The van der Waals surface area contributed by atoms with Crippen LogP contribution in [-0.2, 0) is 19.1 Å². The fourth-order valence-electron chi connectivity index (χ4n) is 10.8. The number of rotatable bonds is 19. The van der Waals surface area contributed by atoms with Gasteiger partial charge in [0.05, 0.1) is 29.6 Å². The van der Waals surface area contributed by atoms with E-state index in [9.17, 15) is 19.8 Å². The Morgan fingerprint density at radius 3 is 2.05 bits per heavy atom. The van der Waals surface area contributed by atoms with Gasteiger partial charge in [-0.1, -0.05) is 99.0 Å². The lowest BCUT2D eigenvalue weighted by molar-refractivity contribution is -0.143. The summed E-state index contributed by atoms with van der Waals surface area (Å²) < 4.78 is 11.1. The number of aryl methyl sites for hydroxylation is 2. The first kappa shape index (κ1) is 49.6. The summed E-state index contributed by atoms with van der Waals surface area (Å²) in [5.41, 5.74) is 9.71. The van der Waals surface area contributed by atoms with Crippen LogP contribution >= 0.6 is 0 Å². The number of hydrogen-bond donors (Lipinski definition) is 4. The molecule has 0 fully saturated rings. The molecule has 8 bridgehead atoms. The fraction of sp³-hybridized carbons (Fsp3) is 0.600. The number of aromatic nitrogens is 4. The molecule has 4 N–H and O–H groups in total. The number of carbonyl (C=O) groups excluding carboxylic acids is 2. The van der Waals surface area contributed by atoms with Crippen molar-refractivity contribution in [3.8, 4) is 0 Å². The van der Waals surface area contributed by atoms with E-state index in [0.717, 1.165) is 81.1 Å². The van der Waals surface area contributed by atoms with Gasteiger partial charge in [-0.2, -0.15) is 0 Å². The number of aliphatic hydroxyl groups excluding tert-OH is 2. The fourth-order valence-corrected chi connectivity index (χ4v) is 10.8. The highest BCUT2D eigenvalue weighted by molar-refractivity contribution is 5.96. The monoisotopic (exact) mass is 891 g/mol. The van der Waals surface area contributed by atoms with Crippen molar-refractivity contribution in [2.45, 2.75) is 183 Å². The normalized spacial score (nSPS) is 20.9. The second-order valence-corrected chi connectivity index (χ2v) is 20.4. The summed E-state index contributed by atoms with van der Waals surface area (Å²) in [5, 5.41) is 24.2. The maximum Gasteiger partial charge on any atom is 0.321 e. The summed E-state index contributed by atoms with van der Waals surface area (Å²) in [6.07, 6.45) is 14.8. The Bertz CT molecular complexity index is 2540. The number of carbonyl (C=O) groups is 2. The number of aromatic amines is 2. The van der Waals surface area contributed by atoms with E-state index < -0.39 is 11.9 Å². The molecule has 0 aromatic carbocycles. The predicted octanol–water partition coefficient (Wildman–Crippen LogP) is 12.4. The van der Waals surface area contributed by atoms with Gasteiger partial charge in [-0.3, -0.25) is 19.6 Å². The molecule has 10 heteroatoms. The van der Waals surface area contributed by atoms with Crippen molar-refractivity contribution in [1.29, 1.82) is 0 Å². The van der Waals surface area contributed by atoms with Crippen molar-refractivity contribution < 1.29 is 29.3 Å². The summed E-state index contributed by atoms with van der Waals surface area (Å²) in [4.78, 5) is 44.8. The smallest absolute Gasteiger partial charge is 0.321 e. The van der Waals surface area contributed by atoms with Gasteiger partial charge in [0.2, 0.25) is 0 Å². The average molecular weight is 891 g/mol. The Balaban J connectivity index is 1.25. The van der Waals surface area contributed by atoms with E-state index in [1.807, 2.05) is 26.0 Å². The number of hydrogen-bond acceptors (Lipinski definition) is 8. The SMILES string of the molecule is CC[C@H]1c2cc3[nH]c4c(c5nc(cc6[nH]c(cc(n2)[C@@H]1C)c(=C(C)O)c6C)[C@@H](C)[C@@H]5CCC(=O)OC/C=C(\C)CCC[C@@H](C)CCC[C@H](C)CCCC(C)C)[C@@H](C(=O)OC)C(O)=c4c3C. The lowest BCUT2D eigenvalue weighted by atomic mass is 9.84. The summed E-state index contributed by atoms with van der Waals surface area (Å²) in [5.74, 6) is 0.302. The molecule has 5 heterocycles. The number of methoxy groups -OCH3 is 1. The highest BCUT2D eigenvalue weighted by Gasteiger charge is 2.42. The van der Waals surface area contributed by atoms with Crippen molar-refractivity contribution in [3.63, 3.8) is 0 Å². The first-order valence-electron chi connectivity index (χ1n) is 24.7. The number of H-pyrrole nitrogens is 2. The maximum absolute atomic E-state index is 13.7. The molecule has 3 aliphatic rings. The molecule has 3 aromatic heterocycles. The van der Waals surface area contributed by atoms with Gasteiger partial charge in [0.25, 0.3) is 0 Å². The van der Waals surface area contributed by atoms with Gasteiger partial charge in [0, 0.05) is 74.2 Å². The Morgan fingerprint density at radius 1 is 0.800 bits per heavy atom. The molecule has 0 amide bonds. The van der Waals surface area contributed by atoms with Crippen molar-refractivity contribution >= 4 is 45.5 Å². The van der Waals surface area contributed by atoms with Crippen LogP contribution in [-0.4, -0.2) is 55.8 Å². The van der Waals surface area contributed by atoms with Crippen LogP contribution < -0.4 is 10.4 Å². The molecule has 0 saturated carbocycles. The molecule has 354 valence electrons. The standard InChI is InChI=1S/C55H78N4O6/c1-13-39-34(7)41-29-46-48(38(11)60)36(9)43(57-46)27-42-35(8)40(52(58-42)50-51(55(63)64-12)54(62)49-37(10)44(59-53(49)50)28-45(39)56-41)23-24-47(61)65-26-25-33(6)22-16-21-32(5)20-15-19-31(4)18-14-17-30(2)3/h25,27-32,34-35,39-40,51,57,59-60,62H,13-24,26H2,1-12H3/b33-25+,42-27?,45-28?,46-29?,48-38?/t31-,32+,34-,35+,39-,40+,51-/m1/s1. The minimum Gasteiger partial charge on any atom is -0.512 e. The molecular formula is C55H78N4O6. The van der Waals surface area contributed by atoms with Gasteiger partial charge in [0.1, 0.15) is 18.3 Å². The average Bonchev–Trinajstić information content (AvgIpc) is 4.00. The topological polar surface area (TPSA) is 150 Å². The van der Waals surface area contributed by atoms with Crippen molar-refractivity contribution in [2.24, 2.45) is 17.8 Å². The minimum absolute atomic E-state index is 0.0748. The molecule has 2 aliphatic heterocycles. The first-order chi connectivity index (χ1) is 30.9. The van der Waals surface area contributed by atoms with Crippen LogP contribution in [0.25, 0.3) is 33.6 Å². The molecule has 10 nitrogen and oxygen atoms in total. The molecule has 65 heavy (non-hydrogen) atoms. The van der Waals surface area contributed by atoms with Gasteiger partial charge < -0.3 is 29.7 Å². The van der Waals surface area contributed by atoms with Crippen LogP contribution in [0.2, 0.25) is 0 Å². The van der Waals surface area contributed by atoms with Crippen LogP contribution in [0.1, 0.15) is 208 Å². The zero-order valence-electron chi connectivity index (χ0n) is 41.5. The Hall–Kier alpha value is -4.86. The quantitative estimate of drug-likeness (QED) is 0.0686. The van der Waals surface area contributed by atoms with Crippen molar-refractivity contribution in [3.05, 3.63) is 79.8 Å². The zero-order chi connectivity index (χ0) is 47.3. The number of nitrogens with one attached hydrogen (secondary N) is 2. The van der Waals surface area contributed by atoms with E-state index >= 15 is 0 Å². The van der Waals surface area contributed by atoms with E-state index in [0.29, 0.717) is 34.3 Å². The Kier molecular flexibility index (Phi) is 16.5. The van der Waals surface area contributed by atoms with Gasteiger partial charge in [-0.25, -0.2) is 0 Å². The molecule has 1 aliphatic carbocycles. The number of allylic oxidation sites excluding steroid dienone is 1. The highest BCUT2D eigenvalue weighted by Crippen LogP contribution is 2.46. The van der Waals surface area contributed by atoms with Gasteiger partial charge in [0.15, 0.2) is 0 Å². The van der Waals surface area contributed by atoms with E-state index in [2.05, 4.69) is 77.5 Å². The number of ether oxygens (including phenoxy) is 2. The van der Waals surface area contributed by atoms with Crippen LogP contribution in [0.15, 0.2) is 29.8 Å².